The number of nitrogens with zero attached hydrogens (tertiary/aromatic N) is 3. The molecule has 0 saturated carbocycles. The Balaban J connectivity index is 1.46. The van der Waals surface area contributed by atoms with Gasteiger partial charge in [0.25, 0.3) is 0 Å². The summed E-state index contributed by atoms with van der Waals surface area (Å²) in [6.45, 7) is 2.57. The molecule has 9 heteroatoms. The van der Waals surface area contributed by atoms with Crippen molar-refractivity contribution in [3.8, 4) is 0 Å². The van der Waals surface area contributed by atoms with Crippen LogP contribution in [-0.4, -0.2) is 33.2 Å². The van der Waals surface area contributed by atoms with E-state index in [9.17, 15) is 9.18 Å². The maximum atomic E-state index is 12.9. The largest absolute Gasteiger partial charge is 0.368 e. The third-order valence-electron chi connectivity index (χ3n) is 4.46. The minimum atomic E-state index is -0.268. The summed E-state index contributed by atoms with van der Waals surface area (Å²) in [5, 5.41) is 6.05. The van der Waals surface area contributed by atoms with Gasteiger partial charge in [-0.25, -0.2) is 4.39 Å². The fourth-order valence-corrected chi connectivity index (χ4v) is 3.61. The zero-order valence-corrected chi connectivity index (χ0v) is 18.1. The molecule has 0 saturated heterocycles. The van der Waals surface area contributed by atoms with Crippen LogP contribution in [0.25, 0.3) is 0 Å². The number of nitrogen functional groups attached to an aromatic ring is 1. The highest BCUT2D eigenvalue weighted by molar-refractivity contribution is 7.99. The molecule has 4 N–H and O–H groups in total. The van der Waals surface area contributed by atoms with Gasteiger partial charge in [-0.15, -0.1) is 11.8 Å². The second-order valence-corrected chi connectivity index (χ2v) is 7.77. The average Bonchev–Trinajstić information content (AvgIpc) is 2.75. The molecule has 3 rings (SSSR count). The van der Waals surface area contributed by atoms with Gasteiger partial charge >= 0.3 is 0 Å². The van der Waals surface area contributed by atoms with Crippen LogP contribution < -0.4 is 16.4 Å². The average molecular weight is 441 g/mol. The lowest BCUT2D eigenvalue weighted by Gasteiger charge is -2.10. The van der Waals surface area contributed by atoms with Crippen LogP contribution in [0.4, 0.5) is 22.0 Å². The number of nitrogens with two attached hydrogens (primary N) is 1. The van der Waals surface area contributed by atoms with Crippen molar-refractivity contribution < 1.29 is 9.18 Å². The molecule has 0 atom stereocenters. The lowest BCUT2D eigenvalue weighted by Crippen LogP contribution is -2.27. The summed E-state index contributed by atoms with van der Waals surface area (Å²) in [5.74, 6) is 1.38. The third-order valence-corrected chi connectivity index (χ3v) is 5.39. The molecule has 1 amide bonds. The van der Waals surface area contributed by atoms with E-state index >= 15 is 0 Å². The van der Waals surface area contributed by atoms with E-state index in [1.165, 1.54) is 23.9 Å². The maximum Gasteiger partial charge on any atom is 0.232 e. The van der Waals surface area contributed by atoms with Gasteiger partial charge in [0.2, 0.25) is 17.8 Å². The summed E-state index contributed by atoms with van der Waals surface area (Å²) < 4.78 is 12.9. The number of halogens is 1. The number of rotatable bonds is 10. The fourth-order valence-electron chi connectivity index (χ4n) is 2.91. The first-order valence-corrected chi connectivity index (χ1v) is 11.1. The minimum Gasteiger partial charge on any atom is -0.368 e. The number of carbonyl (C=O) groups excluding carboxylic acids is 1. The van der Waals surface area contributed by atoms with Crippen molar-refractivity contribution in [2.75, 3.05) is 23.3 Å². The number of aryl methyl sites for hydroxylation is 1. The summed E-state index contributed by atoms with van der Waals surface area (Å²) in [7, 11) is 0. The second kappa shape index (κ2) is 11.3. The van der Waals surface area contributed by atoms with Crippen molar-refractivity contribution in [1.29, 1.82) is 0 Å². The van der Waals surface area contributed by atoms with Crippen molar-refractivity contribution in [3.05, 3.63) is 71.3 Å². The van der Waals surface area contributed by atoms with E-state index in [1.807, 2.05) is 24.3 Å². The SMILES string of the molecule is CCc1ccccc1Nc1nc(N)nc(CSCC(=O)NCCc2ccc(F)cc2)n1. The van der Waals surface area contributed by atoms with E-state index in [0.29, 0.717) is 30.5 Å². The first kappa shape index (κ1) is 22.5. The van der Waals surface area contributed by atoms with Gasteiger partial charge in [-0.05, 0) is 42.2 Å². The Bertz CT molecular complexity index is 1020. The summed E-state index contributed by atoms with van der Waals surface area (Å²) in [4.78, 5) is 24.8. The summed E-state index contributed by atoms with van der Waals surface area (Å²) in [6, 6.07) is 14.2. The van der Waals surface area contributed by atoms with Gasteiger partial charge in [-0.1, -0.05) is 37.3 Å². The van der Waals surface area contributed by atoms with Crippen LogP contribution >= 0.6 is 11.8 Å². The Kier molecular flexibility index (Phi) is 8.17. The lowest BCUT2D eigenvalue weighted by molar-refractivity contribution is -0.118. The predicted molar refractivity (Wildman–Crippen MR) is 123 cm³/mol. The number of hydrogen-bond donors (Lipinski definition) is 3. The van der Waals surface area contributed by atoms with Crippen molar-refractivity contribution in [3.63, 3.8) is 0 Å². The van der Waals surface area contributed by atoms with Crippen molar-refractivity contribution >= 4 is 35.3 Å². The Morgan fingerprint density at radius 2 is 1.87 bits per heavy atom. The van der Waals surface area contributed by atoms with E-state index in [4.69, 9.17) is 5.73 Å². The highest BCUT2D eigenvalue weighted by Gasteiger charge is 2.09. The minimum absolute atomic E-state index is 0.0793. The van der Waals surface area contributed by atoms with Crippen LogP contribution in [0.15, 0.2) is 48.5 Å². The highest BCUT2D eigenvalue weighted by Crippen LogP contribution is 2.20. The molecule has 7 nitrogen and oxygen atoms in total. The molecule has 1 aromatic heterocycles. The van der Waals surface area contributed by atoms with Gasteiger partial charge in [0, 0.05) is 12.2 Å². The Morgan fingerprint density at radius 1 is 1.10 bits per heavy atom. The number of carbonyl (C=O) groups is 1. The molecule has 0 aliphatic heterocycles. The first-order chi connectivity index (χ1) is 15.0. The Morgan fingerprint density at radius 3 is 2.65 bits per heavy atom. The smallest absolute Gasteiger partial charge is 0.232 e. The Hall–Kier alpha value is -3.20. The van der Waals surface area contributed by atoms with Crippen LogP contribution in [0.5, 0.6) is 0 Å². The molecule has 0 bridgehead atoms. The molecule has 0 radical (unpaired) electrons. The van der Waals surface area contributed by atoms with E-state index in [1.54, 1.807) is 12.1 Å². The normalized spacial score (nSPS) is 10.6. The van der Waals surface area contributed by atoms with Gasteiger partial charge < -0.3 is 16.4 Å². The lowest BCUT2D eigenvalue weighted by atomic mass is 10.1. The van der Waals surface area contributed by atoms with Crippen LogP contribution in [0, 0.1) is 5.82 Å². The number of benzene rings is 2. The predicted octanol–water partition coefficient (Wildman–Crippen LogP) is 3.49. The molecule has 1 heterocycles. The second-order valence-electron chi connectivity index (χ2n) is 6.79. The maximum absolute atomic E-state index is 12.9. The molecule has 0 aliphatic rings. The molecule has 31 heavy (non-hydrogen) atoms. The number of amides is 1. The molecule has 3 aromatic rings. The number of thioether (sulfide) groups is 1. The monoisotopic (exact) mass is 440 g/mol. The molecule has 2 aromatic carbocycles. The van der Waals surface area contributed by atoms with E-state index in [2.05, 4.69) is 32.5 Å². The van der Waals surface area contributed by atoms with Crippen LogP contribution in [0.2, 0.25) is 0 Å². The summed E-state index contributed by atoms with van der Waals surface area (Å²) in [5.41, 5.74) is 8.88. The number of hydrogen-bond acceptors (Lipinski definition) is 7. The van der Waals surface area contributed by atoms with Gasteiger partial charge in [-0.3, -0.25) is 4.79 Å². The van der Waals surface area contributed by atoms with Gasteiger partial charge in [0.1, 0.15) is 11.6 Å². The topological polar surface area (TPSA) is 106 Å². The molecule has 0 spiro atoms. The van der Waals surface area contributed by atoms with Crippen molar-refractivity contribution in [1.82, 2.24) is 20.3 Å². The van der Waals surface area contributed by atoms with Crippen LogP contribution in [0.3, 0.4) is 0 Å². The van der Waals surface area contributed by atoms with E-state index in [0.717, 1.165) is 23.2 Å². The number of anilines is 3. The number of para-hydroxylation sites is 1. The van der Waals surface area contributed by atoms with Crippen LogP contribution in [-0.2, 0) is 23.4 Å². The number of nitrogens with one attached hydrogen (secondary N) is 2. The molecule has 0 aliphatic carbocycles. The quantitative estimate of drug-likeness (QED) is 0.443. The molecular formula is C22H25FN6OS. The molecule has 0 unspecified atom stereocenters. The van der Waals surface area contributed by atoms with Crippen molar-refractivity contribution in [2.24, 2.45) is 0 Å². The van der Waals surface area contributed by atoms with E-state index in [-0.39, 0.29) is 23.4 Å². The van der Waals surface area contributed by atoms with Crippen LogP contribution in [0.1, 0.15) is 23.9 Å². The summed E-state index contributed by atoms with van der Waals surface area (Å²) in [6.07, 6.45) is 1.53. The molecular weight excluding hydrogens is 415 g/mol. The summed E-state index contributed by atoms with van der Waals surface area (Å²) >= 11 is 1.40. The Labute approximate surface area is 185 Å². The highest BCUT2D eigenvalue weighted by atomic mass is 32.2. The zero-order valence-electron chi connectivity index (χ0n) is 17.3. The van der Waals surface area contributed by atoms with Crippen molar-refractivity contribution in [2.45, 2.75) is 25.5 Å². The van der Waals surface area contributed by atoms with E-state index < -0.39 is 0 Å². The molecule has 0 fully saturated rings. The van der Waals surface area contributed by atoms with Gasteiger partial charge in [-0.2, -0.15) is 15.0 Å². The van der Waals surface area contributed by atoms with Gasteiger partial charge in [0.15, 0.2) is 0 Å². The number of aromatic nitrogens is 3. The zero-order chi connectivity index (χ0) is 22.1. The first-order valence-electron chi connectivity index (χ1n) is 9.97. The fraction of sp³-hybridized carbons (Fsp3) is 0.273. The standard InChI is InChI=1S/C22H25FN6OS/c1-2-16-5-3-4-6-18(16)26-22-28-19(27-21(24)29-22)13-31-14-20(30)25-12-11-15-7-9-17(23)10-8-15/h3-10H,2,11-14H2,1H3,(H,25,30)(H3,24,26,27,28,29). The van der Waals surface area contributed by atoms with Gasteiger partial charge in [0.05, 0.1) is 11.5 Å². The molecule has 162 valence electrons. The third kappa shape index (κ3) is 7.21.